The number of carboxylic acids is 1. The monoisotopic (exact) mass is 322 g/mol. The predicted molar refractivity (Wildman–Crippen MR) is 81.4 cm³/mol. The molecule has 0 radical (unpaired) electrons. The van der Waals surface area contributed by atoms with Gasteiger partial charge >= 0.3 is 12.1 Å². The molecule has 122 valence electrons. The molecule has 0 bridgehead atoms. The molecule has 0 aliphatic heterocycles. The number of rotatable bonds is 4. The van der Waals surface area contributed by atoms with Gasteiger partial charge in [-0.3, -0.25) is 4.79 Å². The molecule has 1 atom stereocenters. The lowest BCUT2D eigenvalue weighted by atomic mass is 9.89. The van der Waals surface area contributed by atoms with Gasteiger partial charge in [-0.1, -0.05) is 36.4 Å². The van der Waals surface area contributed by atoms with Crippen molar-refractivity contribution in [2.75, 3.05) is 0 Å². The average molecular weight is 322 g/mol. The molecule has 2 aromatic rings. The number of hydrogen-bond acceptors (Lipinski definition) is 1. The Kier molecular flexibility index (Phi) is 4.78. The van der Waals surface area contributed by atoms with Gasteiger partial charge in [0.1, 0.15) is 0 Å². The maximum Gasteiger partial charge on any atom is 0.416 e. The van der Waals surface area contributed by atoms with Crippen LogP contribution in [0.4, 0.5) is 13.2 Å². The molecule has 23 heavy (non-hydrogen) atoms. The predicted octanol–water partition coefficient (Wildman–Crippen LogP) is 4.73. The van der Waals surface area contributed by atoms with Crippen molar-refractivity contribution in [3.63, 3.8) is 0 Å². The van der Waals surface area contributed by atoms with Crippen molar-refractivity contribution in [1.29, 1.82) is 0 Å². The van der Waals surface area contributed by atoms with Gasteiger partial charge in [0, 0.05) is 0 Å². The fraction of sp³-hybridized carbons (Fsp3) is 0.278. The Bertz CT molecular complexity index is 720. The number of aliphatic carboxylic acids is 1. The first-order valence-electron chi connectivity index (χ1n) is 7.14. The van der Waals surface area contributed by atoms with E-state index in [4.69, 9.17) is 0 Å². The summed E-state index contributed by atoms with van der Waals surface area (Å²) in [6, 6.07) is 10.1. The zero-order chi connectivity index (χ0) is 17.2. The molecule has 2 aromatic carbocycles. The van der Waals surface area contributed by atoms with Crippen molar-refractivity contribution in [3.05, 3.63) is 70.3 Å². The Hall–Kier alpha value is -2.30. The summed E-state index contributed by atoms with van der Waals surface area (Å²) < 4.78 is 38.3. The number of halogens is 3. The quantitative estimate of drug-likeness (QED) is 0.883. The second-order valence-electron chi connectivity index (χ2n) is 5.64. The third-order valence-electron chi connectivity index (χ3n) is 3.93. The van der Waals surface area contributed by atoms with E-state index in [0.29, 0.717) is 11.1 Å². The van der Waals surface area contributed by atoms with Gasteiger partial charge in [-0.2, -0.15) is 13.2 Å². The van der Waals surface area contributed by atoms with Gasteiger partial charge in [-0.15, -0.1) is 0 Å². The standard InChI is InChI=1S/C18H17F3O2/c1-11-6-7-14(8-12(11)2)16(17(22)23)10-13-4-3-5-15(9-13)18(19,20)21/h3-9,16H,10H2,1-2H3,(H,22,23). The first-order chi connectivity index (χ1) is 10.7. The molecule has 1 N–H and O–H groups in total. The van der Waals surface area contributed by atoms with E-state index in [2.05, 4.69) is 0 Å². The molecular formula is C18H17F3O2. The van der Waals surface area contributed by atoms with E-state index in [9.17, 15) is 23.1 Å². The van der Waals surface area contributed by atoms with E-state index in [-0.39, 0.29) is 6.42 Å². The summed E-state index contributed by atoms with van der Waals surface area (Å²) in [6.07, 6.45) is -4.42. The van der Waals surface area contributed by atoms with Crippen LogP contribution in [0.25, 0.3) is 0 Å². The molecule has 0 aliphatic carbocycles. The van der Waals surface area contributed by atoms with Crippen LogP contribution in [0, 0.1) is 13.8 Å². The highest BCUT2D eigenvalue weighted by atomic mass is 19.4. The molecule has 2 nitrogen and oxygen atoms in total. The molecule has 1 unspecified atom stereocenters. The number of benzene rings is 2. The van der Waals surface area contributed by atoms with Crippen molar-refractivity contribution in [3.8, 4) is 0 Å². The van der Waals surface area contributed by atoms with Gasteiger partial charge in [0.2, 0.25) is 0 Å². The summed E-state index contributed by atoms with van der Waals surface area (Å²) in [7, 11) is 0. The third-order valence-corrected chi connectivity index (χ3v) is 3.93. The third kappa shape index (κ3) is 4.12. The Morgan fingerprint density at radius 1 is 1.09 bits per heavy atom. The highest BCUT2D eigenvalue weighted by molar-refractivity contribution is 5.76. The van der Waals surface area contributed by atoms with E-state index in [0.717, 1.165) is 23.3 Å². The van der Waals surface area contributed by atoms with Crippen LogP contribution in [0.5, 0.6) is 0 Å². The maximum atomic E-state index is 12.8. The van der Waals surface area contributed by atoms with Gasteiger partial charge in [0.15, 0.2) is 0 Å². The van der Waals surface area contributed by atoms with Gasteiger partial charge in [-0.25, -0.2) is 0 Å². The van der Waals surface area contributed by atoms with Crippen LogP contribution >= 0.6 is 0 Å². The Morgan fingerprint density at radius 2 is 1.78 bits per heavy atom. The first-order valence-corrected chi connectivity index (χ1v) is 7.14. The van der Waals surface area contributed by atoms with Crippen molar-refractivity contribution in [1.82, 2.24) is 0 Å². The summed E-state index contributed by atoms with van der Waals surface area (Å²) in [4.78, 5) is 11.6. The summed E-state index contributed by atoms with van der Waals surface area (Å²) in [5, 5.41) is 9.46. The van der Waals surface area contributed by atoms with Gasteiger partial charge < -0.3 is 5.11 Å². The number of alkyl halides is 3. The van der Waals surface area contributed by atoms with Crippen LogP contribution in [-0.2, 0) is 17.4 Å². The molecule has 2 rings (SSSR count). The van der Waals surface area contributed by atoms with Gasteiger partial charge in [0.05, 0.1) is 11.5 Å². The zero-order valence-electron chi connectivity index (χ0n) is 12.8. The number of aryl methyl sites for hydroxylation is 2. The van der Waals surface area contributed by atoms with Crippen LogP contribution in [-0.4, -0.2) is 11.1 Å². The van der Waals surface area contributed by atoms with Crippen LogP contribution < -0.4 is 0 Å². The van der Waals surface area contributed by atoms with E-state index >= 15 is 0 Å². The minimum Gasteiger partial charge on any atom is -0.481 e. The fourth-order valence-corrected chi connectivity index (χ4v) is 2.44. The van der Waals surface area contributed by atoms with E-state index in [1.54, 1.807) is 12.1 Å². The lowest BCUT2D eigenvalue weighted by molar-refractivity contribution is -0.138. The van der Waals surface area contributed by atoms with Crippen LogP contribution in [0.2, 0.25) is 0 Å². The summed E-state index contributed by atoms with van der Waals surface area (Å²) in [5.41, 5.74) is 2.18. The Morgan fingerprint density at radius 3 is 2.35 bits per heavy atom. The van der Waals surface area contributed by atoms with E-state index in [1.807, 2.05) is 19.9 Å². The molecular weight excluding hydrogens is 305 g/mol. The molecule has 0 amide bonds. The van der Waals surface area contributed by atoms with Crippen molar-refractivity contribution in [2.45, 2.75) is 32.4 Å². The lowest BCUT2D eigenvalue weighted by Gasteiger charge is -2.15. The van der Waals surface area contributed by atoms with Crippen molar-refractivity contribution >= 4 is 5.97 Å². The Balaban J connectivity index is 2.33. The molecule has 5 heteroatoms. The number of hydrogen-bond donors (Lipinski definition) is 1. The van der Waals surface area contributed by atoms with E-state index in [1.165, 1.54) is 12.1 Å². The zero-order valence-corrected chi connectivity index (χ0v) is 12.8. The molecule has 0 saturated heterocycles. The minimum atomic E-state index is -4.44. The molecule has 0 aliphatic rings. The van der Waals surface area contributed by atoms with Crippen LogP contribution in [0.3, 0.4) is 0 Å². The van der Waals surface area contributed by atoms with Crippen LogP contribution in [0.15, 0.2) is 42.5 Å². The Labute approximate surface area is 132 Å². The normalized spacial score (nSPS) is 12.9. The molecule has 0 heterocycles. The van der Waals surface area contributed by atoms with Gasteiger partial charge in [0.25, 0.3) is 0 Å². The lowest BCUT2D eigenvalue weighted by Crippen LogP contribution is -2.15. The average Bonchev–Trinajstić information content (AvgIpc) is 2.47. The summed E-state index contributed by atoms with van der Waals surface area (Å²) in [5.74, 6) is -1.93. The first kappa shape index (κ1) is 17.1. The van der Waals surface area contributed by atoms with Crippen molar-refractivity contribution < 1.29 is 23.1 Å². The molecule has 0 fully saturated rings. The van der Waals surface area contributed by atoms with Gasteiger partial charge in [-0.05, 0) is 48.6 Å². The molecule has 0 spiro atoms. The fourth-order valence-electron chi connectivity index (χ4n) is 2.44. The topological polar surface area (TPSA) is 37.3 Å². The second-order valence-corrected chi connectivity index (χ2v) is 5.64. The summed E-state index contributed by atoms with van der Waals surface area (Å²) >= 11 is 0. The largest absolute Gasteiger partial charge is 0.481 e. The van der Waals surface area contributed by atoms with E-state index < -0.39 is 23.6 Å². The minimum absolute atomic E-state index is 0.0156. The SMILES string of the molecule is Cc1ccc(C(Cc2cccc(C(F)(F)F)c2)C(=O)O)cc1C. The maximum absolute atomic E-state index is 12.8. The summed E-state index contributed by atoms with van der Waals surface area (Å²) in [6.45, 7) is 3.80. The molecule has 0 saturated carbocycles. The number of carbonyl (C=O) groups is 1. The van der Waals surface area contributed by atoms with Crippen molar-refractivity contribution in [2.24, 2.45) is 0 Å². The highest BCUT2D eigenvalue weighted by Gasteiger charge is 2.31. The smallest absolute Gasteiger partial charge is 0.416 e. The van der Waals surface area contributed by atoms with Crippen LogP contribution in [0.1, 0.15) is 33.7 Å². The number of carboxylic acid groups (broad SMARTS) is 1. The highest BCUT2D eigenvalue weighted by Crippen LogP contribution is 2.31. The second kappa shape index (κ2) is 6.44. The molecule has 0 aromatic heterocycles.